The molecule has 4 rings (SSSR count). The van der Waals surface area contributed by atoms with E-state index in [-0.39, 0.29) is 11.6 Å². The summed E-state index contributed by atoms with van der Waals surface area (Å²) in [5.74, 6) is -0.664. The Morgan fingerprint density at radius 3 is 2.38 bits per heavy atom. The number of anilines is 2. The fourth-order valence-corrected chi connectivity index (χ4v) is 5.19. The lowest BCUT2D eigenvalue weighted by Crippen LogP contribution is -2.35. The van der Waals surface area contributed by atoms with Gasteiger partial charge in [0, 0.05) is 19.3 Å². The van der Waals surface area contributed by atoms with Crippen molar-refractivity contribution in [2.75, 3.05) is 22.9 Å². The van der Waals surface area contributed by atoms with Crippen molar-refractivity contribution in [2.24, 2.45) is 5.92 Å². The predicted molar refractivity (Wildman–Crippen MR) is 118 cm³/mol. The third kappa shape index (κ3) is 3.79. The van der Waals surface area contributed by atoms with Crippen molar-refractivity contribution in [1.82, 2.24) is 10.3 Å². The summed E-state index contributed by atoms with van der Waals surface area (Å²) in [6.07, 6.45) is 4.41. The molecule has 1 aliphatic carbocycles. The zero-order valence-corrected chi connectivity index (χ0v) is 19.3. The average molecular weight is 497 g/mol. The van der Waals surface area contributed by atoms with Crippen LogP contribution in [0.4, 0.5) is 29.3 Å². The largest absolute Gasteiger partial charge is 0.501 e. The van der Waals surface area contributed by atoms with Crippen LogP contribution < -0.4 is 15.1 Å². The molecule has 34 heavy (non-hydrogen) atoms. The van der Waals surface area contributed by atoms with Crippen molar-refractivity contribution < 1.29 is 31.2 Å². The van der Waals surface area contributed by atoms with Gasteiger partial charge >= 0.3 is 11.5 Å². The van der Waals surface area contributed by atoms with Crippen LogP contribution in [0.15, 0.2) is 47.6 Å². The number of amides is 3. The molecule has 1 spiro atoms. The first kappa shape index (κ1) is 24.0. The minimum absolute atomic E-state index is 0.00103. The van der Waals surface area contributed by atoms with Gasteiger partial charge < -0.3 is 10.2 Å². The summed E-state index contributed by atoms with van der Waals surface area (Å²) in [5.41, 5.74) is -4.57. The van der Waals surface area contributed by atoms with Gasteiger partial charge in [0.2, 0.25) is 0 Å². The first-order valence-electron chi connectivity index (χ1n) is 10.7. The number of pyridine rings is 1. The van der Waals surface area contributed by atoms with E-state index in [4.69, 9.17) is 0 Å². The van der Waals surface area contributed by atoms with Crippen LogP contribution >= 0.6 is 0 Å². The van der Waals surface area contributed by atoms with Gasteiger partial charge in [-0.3, -0.25) is 9.78 Å². The number of benzene rings is 1. The SMILES string of the molecule is CCN(CC)c1cnccc1CC1CC12NC(=O)N(c1ccc(S(=O)(=O)C(F)(F)F)cc1)C2=O. The summed E-state index contributed by atoms with van der Waals surface area (Å²) >= 11 is 0. The molecule has 1 saturated heterocycles. The second-order valence-corrected chi connectivity index (χ2v) is 10.2. The highest BCUT2D eigenvalue weighted by Gasteiger charge is 2.67. The highest BCUT2D eigenvalue weighted by atomic mass is 32.2. The molecule has 8 nitrogen and oxygen atoms in total. The van der Waals surface area contributed by atoms with Crippen LogP contribution in [-0.2, 0) is 21.1 Å². The Bertz CT molecular complexity index is 1230. The van der Waals surface area contributed by atoms with Crippen molar-refractivity contribution in [2.45, 2.75) is 42.6 Å². The van der Waals surface area contributed by atoms with Crippen LogP contribution in [0.25, 0.3) is 0 Å². The molecular formula is C22H23F3N4O4S. The molecule has 3 amide bonds. The second kappa shape index (κ2) is 8.26. The summed E-state index contributed by atoms with van der Waals surface area (Å²) in [4.78, 5) is 32.1. The molecule has 2 unspecified atom stereocenters. The highest BCUT2D eigenvalue weighted by molar-refractivity contribution is 7.92. The van der Waals surface area contributed by atoms with Gasteiger partial charge in [-0.25, -0.2) is 18.1 Å². The fraction of sp³-hybridized carbons (Fsp3) is 0.409. The van der Waals surface area contributed by atoms with Crippen LogP contribution in [-0.4, -0.2) is 49.5 Å². The van der Waals surface area contributed by atoms with Crippen molar-refractivity contribution in [1.29, 1.82) is 0 Å². The van der Waals surface area contributed by atoms with Gasteiger partial charge in [-0.05, 0) is 68.5 Å². The van der Waals surface area contributed by atoms with Crippen molar-refractivity contribution >= 4 is 33.2 Å². The standard InChI is InChI=1S/C22H23F3N4O4S/c1-3-28(4-2)18-13-26-10-9-14(18)11-15-12-21(15)19(30)29(20(31)27-21)16-5-7-17(8-6-16)34(32,33)22(23,24)25/h5-10,13,15H,3-4,11-12H2,1-2H3,(H,27,31). The maximum absolute atomic E-state index is 13.2. The summed E-state index contributed by atoms with van der Waals surface area (Å²) in [5, 5.41) is 2.73. The Kier molecular flexibility index (Phi) is 5.83. The van der Waals surface area contributed by atoms with Gasteiger partial charge in [0.25, 0.3) is 15.7 Å². The first-order valence-corrected chi connectivity index (χ1v) is 12.2. The number of rotatable bonds is 7. The number of imide groups is 1. The number of urea groups is 1. The number of nitrogens with one attached hydrogen (secondary N) is 1. The molecule has 2 heterocycles. The molecule has 2 fully saturated rings. The van der Waals surface area contributed by atoms with E-state index in [1.807, 2.05) is 19.9 Å². The summed E-state index contributed by atoms with van der Waals surface area (Å²) in [6.45, 7) is 5.63. The van der Waals surface area contributed by atoms with E-state index in [1.165, 1.54) is 0 Å². The molecule has 1 saturated carbocycles. The molecule has 2 atom stereocenters. The molecule has 0 bridgehead atoms. The Labute approximate surface area is 194 Å². The molecule has 0 radical (unpaired) electrons. The van der Waals surface area contributed by atoms with Crippen molar-refractivity contribution in [3.8, 4) is 0 Å². The zero-order chi connectivity index (χ0) is 24.9. The number of hydrogen-bond acceptors (Lipinski definition) is 6. The van der Waals surface area contributed by atoms with E-state index >= 15 is 0 Å². The van der Waals surface area contributed by atoms with Gasteiger partial charge in [-0.1, -0.05) is 0 Å². The Balaban J connectivity index is 1.54. The third-order valence-electron chi connectivity index (χ3n) is 6.39. The molecule has 1 aromatic heterocycles. The lowest BCUT2D eigenvalue weighted by molar-refractivity contribution is -0.119. The molecule has 182 valence electrons. The molecule has 2 aromatic rings. The normalized spacial score (nSPS) is 22.3. The summed E-state index contributed by atoms with van der Waals surface area (Å²) in [6, 6.07) is 4.71. The molecular weight excluding hydrogens is 473 g/mol. The Morgan fingerprint density at radius 1 is 1.15 bits per heavy atom. The molecule has 2 aliphatic rings. The first-order chi connectivity index (χ1) is 16.0. The molecule has 1 N–H and O–H groups in total. The number of halogens is 3. The van der Waals surface area contributed by atoms with Crippen LogP contribution in [0.1, 0.15) is 25.8 Å². The zero-order valence-electron chi connectivity index (χ0n) is 18.5. The average Bonchev–Trinajstić information content (AvgIpc) is 3.41. The van der Waals surface area contributed by atoms with Gasteiger partial charge in [-0.2, -0.15) is 13.2 Å². The number of sulfone groups is 1. The Hall–Kier alpha value is -3.15. The van der Waals surface area contributed by atoms with E-state index in [9.17, 15) is 31.2 Å². The summed E-state index contributed by atoms with van der Waals surface area (Å²) in [7, 11) is -5.53. The maximum atomic E-state index is 13.2. The van der Waals surface area contributed by atoms with E-state index < -0.39 is 37.7 Å². The topological polar surface area (TPSA) is 99.7 Å². The smallest absolute Gasteiger partial charge is 0.371 e. The molecule has 12 heteroatoms. The van der Waals surface area contributed by atoms with Crippen LogP contribution in [0.5, 0.6) is 0 Å². The quantitative estimate of drug-likeness (QED) is 0.591. The lowest BCUT2D eigenvalue weighted by atomic mass is 10.0. The number of carbonyl (C=O) groups excluding carboxylic acids is 2. The van der Waals surface area contributed by atoms with Crippen molar-refractivity contribution in [3.05, 3.63) is 48.3 Å². The molecule has 1 aromatic carbocycles. The number of carbonyl (C=O) groups is 2. The van der Waals surface area contributed by atoms with Gasteiger partial charge in [0.15, 0.2) is 0 Å². The van der Waals surface area contributed by atoms with Gasteiger partial charge in [0.05, 0.1) is 22.5 Å². The number of aromatic nitrogens is 1. The monoisotopic (exact) mass is 496 g/mol. The van der Waals surface area contributed by atoms with Crippen LogP contribution in [0, 0.1) is 5.92 Å². The maximum Gasteiger partial charge on any atom is 0.501 e. The van der Waals surface area contributed by atoms with Crippen LogP contribution in [0.3, 0.4) is 0 Å². The highest BCUT2D eigenvalue weighted by Crippen LogP contribution is 2.51. The minimum Gasteiger partial charge on any atom is -0.371 e. The number of alkyl halides is 3. The van der Waals surface area contributed by atoms with E-state index in [0.29, 0.717) is 12.8 Å². The van der Waals surface area contributed by atoms with E-state index in [1.54, 1.807) is 12.4 Å². The van der Waals surface area contributed by atoms with Gasteiger partial charge in [0.1, 0.15) is 5.54 Å². The Morgan fingerprint density at radius 2 is 1.79 bits per heavy atom. The van der Waals surface area contributed by atoms with E-state index in [2.05, 4.69) is 15.2 Å². The second-order valence-electron chi connectivity index (χ2n) is 8.27. The van der Waals surface area contributed by atoms with Crippen LogP contribution in [0.2, 0.25) is 0 Å². The van der Waals surface area contributed by atoms with E-state index in [0.717, 1.165) is 53.5 Å². The molecule has 1 aliphatic heterocycles. The fourth-order valence-electron chi connectivity index (χ4n) is 4.43. The lowest BCUT2D eigenvalue weighted by Gasteiger charge is -2.23. The van der Waals surface area contributed by atoms with Crippen molar-refractivity contribution in [3.63, 3.8) is 0 Å². The number of nitrogens with zero attached hydrogens (tertiary/aromatic N) is 3. The number of hydrogen-bond donors (Lipinski definition) is 1. The summed E-state index contributed by atoms with van der Waals surface area (Å²) < 4.78 is 61.5. The predicted octanol–water partition coefficient (Wildman–Crippen LogP) is 3.28. The van der Waals surface area contributed by atoms with Gasteiger partial charge in [-0.15, -0.1) is 0 Å². The third-order valence-corrected chi connectivity index (χ3v) is 7.89. The minimum atomic E-state index is -5.53.